The molecule has 0 unspecified atom stereocenters. The molecule has 4 saturated heterocycles. The first-order valence-electron chi connectivity index (χ1n) is 20.3. The van der Waals surface area contributed by atoms with Crippen LogP contribution in [-0.4, -0.2) is 128 Å². The first kappa shape index (κ1) is 42.8. The Labute approximate surface area is 338 Å². The number of nitrogens with two attached hydrogens (primary N) is 1. The summed E-state index contributed by atoms with van der Waals surface area (Å²) in [5.74, 6) is 0.878. The average Bonchev–Trinajstić information content (AvgIpc) is 3.24. The Morgan fingerprint density at radius 1 is 0.667 bits per heavy atom. The minimum absolute atomic E-state index is 0.00715. The number of hydrogen-bond donors (Lipinski definition) is 2. The van der Waals surface area contributed by atoms with E-state index >= 15 is 0 Å². The van der Waals surface area contributed by atoms with Crippen molar-refractivity contribution in [2.45, 2.75) is 85.0 Å². The highest BCUT2D eigenvalue weighted by Crippen LogP contribution is 2.29. The number of amides is 2. The number of hydrogen-bond acceptors (Lipinski definition) is 11. The third kappa shape index (κ3) is 10.8. The van der Waals surface area contributed by atoms with Gasteiger partial charge in [0, 0.05) is 50.8 Å². The van der Waals surface area contributed by atoms with E-state index in [2.05, 4.69) is 9.88 Å². The van der Waals surface area contributed by atoms with E-state index in [0.29, 0.717) is 67.5 Å². The number of sulfone groups is 2. The van der Waals surface area contributed by atoms with Crippen molar-refractivity contribution in [3.63, 3.8) is 0 Å². The fraction of sp³-hybridized carbons (Fsp3) is 0.537. The standard InChI is InChI=1S/C23H30N4O3S.C18H27BN2O4S/c24-22-16-18(6-11-25-22)17-26-12-7-19(8-13-26)23(28)27-14-9-21(10-15-27)31(29,30)20-4-2-1-3-5-20;1-19(23)21-13-7-15(8-14-21)18(22)20-11-9-17(10-12-20)26(24,25)16-5-3-2-4-6-16/h1-6,11,16,19,21H,7-10,12-15,17H2,(H2,24,25);2-6,15,17,23H,7-14H2,1H3. The Morgan fingerprint density at radius 3 is 1.49 bits per heavy atom. The van der Waals surface area contributed by atoms with Gasteiger partial charge in [0.25, 0.3) is 0 Å². The summed E-state index contributed by atoms with van der Waals surface area (Å²) in [6.07, 6.45) is 6.91. The molecule has 0 spiro atoms. The molecule has 2 amide bonds. The predicted molar refractivity (Wildman–Crippen MR) is 221 cm³/mol. The van der Waals surface area contributed by atoms with Crippen LogP contribution in [0.3, 0.4) is 0 Å². The maximum Gasteiger partial charge on any atom is 0.376 e. The molecule has 0 radical (unpaired) electrons. The molecule has 4 aliphatic heterocycles. The van der Waals surface area contributed by atoms with Gasteiger partial charge in [0.1, 0.15) is 5.82 Å². The molecule has 13 nitrogen and oxygen atoms in total. The first-order valence-corrected chi connectivity index (χ1v) is 23.4. The minimum Gasteiger partial charge on any atom is -0.437 e. The molecule has 7 rings (SSSR count). The lowest BCUT2D eigenvalue weighted by atomic mass is 9.80. The van der Waals surface area contributed by atoms with Crippen molar-refractivity contribution in [3.05, 3.63) is 84.6 Å². The van der Waals surface area contributed by atoms with Crippen LogP contribution in [0.2, 0.25) is 6.82 Å². The molecular formula is C41H57BN6O7S2. The largest absolute Gasteiger partial charge is 0.437 e. The number of carbonyl (C=O) groups is 2. The first-order chi connectivity index (χ1) is 27.3. The molecule has 16 heteroatoms. The smallest absolute Gasteiger partial charge is 0.376 e. The maximum atomic E-state index is 13.0. The van der Waals surface area contributed by atoms with E-state index in [4.69, 9.17) is 5.73 Å². The number of pyridine rings is 1. The van der Waals surface area contributed by atoms with Crippen LogP contribution in [-0.2, 0) is 35.8 Å². The van der Waals surface area contributed by atoms with Crippen molar-refractivity contribution in [2.24, 2.45) is 11.8 Å². The fourth-order valence-electron chi connectivity index (χ4n) is 8.60. The molecule has 0 bridgehead atoms. The lowest BCUT2D eigenvalue weighted by Crippen LogP contribution is -2.49. The number of rotatable bonds is 9. The molecule has 1 aromatic heterocycles. The summed E-state index contributed by atoms with van der Waals surface area (Å²) >= 11 is 0. The number of benzene rings is 2. The highest BCUT2D eigenvalue weighted by Gasteiger charge is 2.37. The number of anilines is 1. The van der Waals surface area contributed by atoms with E-state index in [1.807, 2.05) is 38.9 Å². The Hall–Kier alpha value is -3.83. The molecule has 0 aliphatic carbocycles. The van der Waals surface area contributed by atoms with Crippen LogP contribution in [0, 0.1) is 11.8 Å². The summed E-state index contributed by atoms with van der Waals surface area (Å²) in [6.45, 7) is 7.82. The summed E-state index contributed by atoms with van der Waals surface area (Å²) in [5.41, 5.74) is 6.90. The van der Waals surface area contributed by atoms with E-state index in [0.717, 1.165) is 64.0 Å². The van der Waals surface area contributed by atoms with Gasteiger partial charge in [-0.15, -0.1) is 0 Å². The lowest BCUT2D eigenvalue weighted by molar-refractivity contribution is -0.138. The van der Waals surface area contributed by atoms with Gasteiger partial charge in [-0.05, 0) is 126 Å². The minimum atomic E-state index is -3.33. The van der Waals surface area contributed by atoms with Crippen molar-refractivity contribution in [1.29, 1.82) is 0 Å². The Bertz CT molecular complexity index is 1990. The normalized spacial score (nSPS) is 20.1. The lowest BCUT2D eigenvalue weighted by Gasteiger charge is -2.37. The second kappa shape index (κ2) is 19.3. The topological polar surface area (TPSA) is 175 Å². The van der Waals surface area contributed by atoms with Crippen molar-refractivity contribution >= 4 is 44.4 Å². The van der Waals surface area contributed by atoms with Gasteiger partial charge in [0.05, 0.1) is 20.3 Å². The SMILES string of the molecule is CB(O)N1CCC(C(=O)N2CCC(S(=O)(=O)c3ccccc3)CC2)CC1.Nc1cc(CN2CCC(C(=O)N3CCC(S(=O)(=O)c4ccccc4)CC3)CC2)ccn1. The zero-order valence-electron chi connectivity index (χ0n) is 32.9. The van der Waals surface area contributed by atoms with Crippen LogP contribution in [0.5, 0.6) is 0 Å². The maximum absolute atomic E-state index is 13.0. The van der Waals surface area contributed by atoms with E-state index in [1.165, 1.54) is 0 Å². The number of aromatic nitrogens is 1. The summed E-state index contributed by atoms with van der Waals surface area (Å²) in [7, 11) is -7.13. The number of carbonyl (C=O) groups excluding carboxylic acids is 2. The van der Waals surface area contributed by atoms with Crippen molar-refractivity contribution in [1.82, 2.24) is 24.5 Å². The third-order valence-corrected chi connectivity index (χ3v) is 16.7. The van der Waals surface area contributed by atoms with E-state index in [1.54, 1.807) is 61.6 Å². The van der Waals surface area contributed by atoms with Gasteiger partial charge in [-0.1, -0.05) is 36.4 Å². The average molecular weight is 821 g/mol. The Kier molecular flexibility index (Phi) is 14.5. The molecule has 4 fully saturated rings. The van der Waals surface area contributed by atoms with Gasteiger partial charge in [0.2, 0.25) is 11.8 Å². The third-order valence-electron chi connectivity index (χ3n) is 12.1. The molecule has 2 aromatic carbocycles. The van der Waals surface area contributed by atoms with Gasteiger partial charge in [-0.25, -0.2) is 21.8 Å². The van der Waals surface area contributed by atoms with Gasteiger partial charge in [-0.2, -0.15) is 0 Å². The Balaban J connectivity index is 0.000000196. The molecule has 57 heavy (non-hydrogen) atoms. The van der Waals surface area contributed by atoms with Crippen LogP contribution in [0.15, 0.2) is 88.8 Å². The molecule has 5 heterocycles. The molecular weight excluding hydrogens is 763 g/mol. The highest BCUT2D eigenvalue weighted by molar-refractivity contribution is 7.92. The summed E-state index contributed by atoms with van der Waals surface area (Å²) < 4.78 is 51.2. The quantitative estimate of drug-likeness (QED) is 0.302. The molecule has 0 atom stereocenters. The second-order valence-electron chi connectivity index (χ2n) is 15.8. The van der Waals surface area contributed by atoms with Crippen molar-refractivity contribution < 1.29 is 31.4 Å². The fourth-order valence-corrected chi connectivity index (χ4v) is 12.1. The number of piperidine rings is 4. The van der Waals surface area contributed by atoms with E-state index in [9.17, 15) is 31.4 Å². The van der Waals surface area contributed by atoms with Crippen molar-refractivity contribution in [3.8, 4) is 0 Å². The molecule has 0 saturated carbocycles. The van der Waals surface area contributed by atoms with Crippen LogP contribution in [0.4, 0.5) is 5.82 Å². The van der Waals surface area contributed by atoms with Gasteiger partial charge in [0.15, 0.2) is 19.7 Å². The molecule has 308 valence electrons. The van der Waals surface area contributed by atoms with Gasteiger partial charge < -0.3 is 25.4 Å². The second-order valence-corrected chi connectivity index (χ2v) is 20.3. The number of nitrogen functional groups attached to an aromatic ring is 1. The molecule has 3 aromatic rings. The van der Waals surface area contributed by atoms with Crippen LogP contribution < -0.4 is 5.73 Å². The number of likely N-dealkylation sites (tertiary alicyclic amines) is 3. The summed E-state index contributed by atoms with van der Waals surface area (Å²) in [5, 5.41) is 8.80. The molecule has 3 N–H and O–H groups in total. The predicted octanol–water partition coefficient (Wildman–Crippen LogP) is 3.61. The van der Waals surface area contributed by atoms with Crippen LogP contribution in [0.1, 0.15) is 56.9 Å². The number of nitrogens with zero attached hydrogens (tertiary/aromatic N) is 5. The monoisotopic (exact) mass is 820 g/mol. The summed E-state index contributed by atoms with van der Waals surface area (Å²) in [4.78, 5) is 38.6. The van der Waals surface area contributed by atoms with E-state index < -0.39 is 37.2 Å². The van der Waals surface area contributed by atoms with Gasteiger partial charge in [-0.3, -0.25) is 14.5 Å². The van der Waals surface area contributed by atoms with Crippen molar-refractivity contribution in [2.75, 3.05) is 58.1 Å². The van der Waals surface area contributed by atoms with Gasteiger partial charge >= 0.3 is 7.05 Å². The summed E-state index contributed by atoms with van der Waals surface area (Å²) in [6, 6.07) is 21.1. The highest BCUT2D eigenvalue weighted by atomic mass is 32.2. The zero-order valence-corrected chi connectivity index (χ0v) is 34.6. The Morgan fingerprint density at radius 2 is 1.09 bits per heavy atom. The zero-order chi connectivity index (χ0) is 40.6. The molecule has 4 aliphatic rings. The van der Waals surface area contributed by atoms with Crippen LogP contribution >= 0.6 is 0 Å². The van der Waals surface area contributed by atoms with E-state index in [-0.39, 0.29) is 23.7 Å². The van der Waals surface area contributed by atoms with Crippen LogP contribution in [0.25, 0.3) is 0 Å².